The van der Waals surface area contributed by atoms with Crippen LogP contribution in [0.15, 0.2) is 18.2 Å². The molecule has 1 unspecified atom stereocenters. The summed E-state index contributed by atoms with van der Waals surface area (Å²) >= 11 is 1.19. The van der Waals surface area contributed by atoms with Crippen LogP contribution < -0.4 is 4.90 Å². The van der Waals surface area contributed by atoms with E-state index in [0.717, 1.165) is 0 Å². The van der Waals surface area contributed by atoms with E-state index in [1.54, 1.807) is 0 Å². The van der Waals surface area contributed by atoms with Gasteiger partial charge in [0.1, 0.15) is 5.75 Å². The van der Waals surface area contributed by atoms with E-state index < -0.39 is 5.97 Å². The van der Waals surface area contributed by atoms with Crippen molar-refractivity contribution in [3.8, 4) is 5.75 Å². The predicted molar refractivity (Wildman–Crippen MR) is 83.0 cm³/mol. The molecule has 0 bridgehead atoms. The van der Waals surface area contributed by atoms with Crippen LogP contribution in [0.3, 0.4) is 0 Å². The third kappa shape index (κ3) is 3.59. The Kier molecular flexibility index (Phi) is 5.07. The fraction of sp³-hybridized carbons (Fsp3) is 0.400. The summed E-state index contributed by atoms with van der Waals surface area (Å²) in [6.07, 6.45) is 0.322. The van der Waals surface area contributed by atoms with Crippen LogP contribution in [-0.2, 0) is 14.3 Å². The average Bonchev–Trinajstić information content (AvgIpc) is 2.86. The van der Waals surface area contributed by atoms with Crippen molar-refractivity contribution in [2.24, 2.45) is 5.92 Å². The molecule has 0 aromatic heterocycles. The largest absolute Gasteiger partial charge is 0.506 e. The topological polar surface area (TPSA) is 83.9 Å². The van der Waals surface area contributed by atoms with E-state index in [1.807, 2.05) is 0 Å². The summed E-state index contributed by atoms with van der Waals surface area (Å²) < 4.78 is 4.64. The molecule has 1 aliphatic heterocycles. The molecule has 1 saturated heterocycles. The van der Waals surface area contributed by atoms with Gasteiger partial charge in [-0.2, -0.15) is 0 Å². The maximum absolute atomic E-state index is 12.1. The fourth-order valence-corrected chi connectivity index (χ4v) is 3.04. The van der Waals surface area contributed by atoms with Gasteiger partial charge >= 0.3 is 5.97 Å². The number of thioether (sulfide) groups is 1. The van der Waals surface area contributed by atoms with E-state index in [2.05, 4.69) is 4.74 Å². The van der Waals surface area contributed by atoms with E-state index in [0.29, 0.717) is 24.4 Å². The summed E-state index contributed by atoms with van der Waals surface area (Å²) in [5.41, 5.74) is 0.563. The van der Waals surface area contributed by atoms with Gasteiger partial charge in [0.2, 0.25) is 5.91 Å². The number of carbonyl (C=O) groups is 3. The number of hydrogen-bond acceptors (Lipinski definition) is 6. The van der Waals surface area contributed by atoms with Gasteiger partial charge in [-0.15, -0.1) is 0 Å². The number of rotatable bonds is 4. The Hall–Kier alpha value is -2.02. The summed E-state index contributed by atoms with van der Waals surface area (Å²) in [5, 5.41) is 9.98. The Morgan fingerprint density at radius 3 is 2.82 bits per heavy atom. The fourth-order valence-electron chi connectivity index (χ4n) is 2.35. The number of carbonyl (C=O) groups excluding carboxylic acids is 3. The second-order valence-corrected chi connectivity index (χ2v) is 6.27. The molecule has 0 radical (unpaired) electrons. The van der Waals surface area contributed by atoms with Crippen molar-refractivity contribution in [3.05, 3.63) is 23.8 Å². The maximum atomic E-state index is 12.1. The Morgan fingerprint density at radius 1 is 1.45 bits per heavy atom. The third-order valence-electron chi connectivity index (χ3n) is 3.41. The molecule has 2 rings (SSSR count). The Labute approximate surface area is 132 Å². The number of hydrogen-bond donors (Lipinski definition) is 1. The highest BCUT2D eigenvalue weighted by molar-refractivity contribution is 8.13. The average molecular weight is 323 g/mol. The van der Waals surface area contributed by atoms with Crippen molar-refractivity contribution >= 4 is 34.4 Å². The molecule has 1 amide bonds. The van der Waals surface area contributed by atoms with Crippen LogP contribution in [0, 0.1) is 5.92 Å². The lowest BCUT2D eigenvalue weighted by atomic mass is 10.1. The molecule has 0 saturated carbocycles. The zero-order valence-corrected chi connectivity index (χ0v) is 13.2. The van der Waals surface area contributed by atoms with Gasteiger partial charge in [0.15, 0.2) is 5.12 Å². The molecule has 1 heterocycles. The van der Waals surface area contributed by atoms with Crippen LogP contribution >= 0.6 is 11.8 Å². The summed E-state index contributed by atoms with van der Waals surface area (Å²) in [6, 6.07) is 4.25. The number of phenols is 1. The number of nitrogens with zero attached hydrogens (tertiary/aromatic N) is 1. The first-order valence-corrected chi connectivity index (χ1v) is 7.76. The van der Waals surface area contributed by atoms with Crippen LogP contribution in [0.4, 0.5) is 5.69 Å². The van der Waals surface area contributed by atoms with Crippen molar-refractivity contribution in [1.82, 2.24) is 0 Å². The third-order valence-corrected chi connectivity index (χ3v) is 4.46. The monoisotopic (exact) mass is 323 g/mol. The lowest BCUT2D eigenvalue weighted by Crippen LogP contribution is -2.25. The van der Waals surface area contributed by atoms with Crippen molar-refractivity contribution in [2.75, 3.05) is 24.3 Å². The van der Waals surface area contributed by atoms with Crippen molar-refractivity contribution in [3.63, 3.8) is 0 Å². The molecule has 0 aliphatic carbocycles. The first-order valence-electron chi connectivity index (χ1n) is 6.77. The predicted octanol–water partition coefficient (Wildman–Crippen LogP) is 1.81. The summed E-state index contributed by atoms with van der Waals surface area (Å²) in [4.78, 5) is 36.2. The highest BCUT2D eigenvalue weighted by Gasteiger charge is 2.32. The van der Waals surface area contributed by atoms with E-state index in [-0.39, 0.29) is 28.3 Å². The number of anilines is 1. The van der Waals surface area contributed by atoms with Gasteiger partial charge in [-0.3, -0.25) is 9.59 Å². The van der Waals surface area contributed by atoms with Gasteiger partial charge < -0.3 is 14.7 Å². The highest BCUT2D eigenvalue weighted by Crippen LogP contribution is 2.34. The van der Waals surface area contributed by atoms with E-state index in [4.69, 9.17) is 0 Å². The molecule has 0 spiro atoms. The molecular formula is C15H17NO5S. The quantitative estimate of drug-likeness (QED) is 0.851. The lowest BCUT2D eigenvalue weighted by Gasteiger charge is -2.18. The lowest BCUT2D eigenvalue weighted by molar-refractivity contribution is -0.117. The summed E-state index contributed by atoms with van der Waals surface area (Å²) in [6.45, 7) is 1.90. The number of ether oxygens (including phenoxy) is 1. The highest BCUT2D eigenvalue weighted by atomic mass is 32.2. The van der Waals surface area contributed by atoms with Gasteiger partial charge in [-0.25, -0.2) is 4.79 Å². The molecule has 1 fully saturated rings. The number of benzene rings is 1. The van der Waals surface area contributed by atoms with Gasteiger partial charge in [-0.05, 0) is 24.1 Å². The van der Waals surface area contributed by atoms with E-state index >= 15 is 0 Å². The van der Waals surface area contributed by atoms with E-state index in [1.165, 1.54) is 48.9 Å². The number of aromatic hydroxyl groups is 1. The molecule has 6 nitrogen and oxygen atoms in total. The van der Waals surface area contributed by atoms with Crippen LogP contribution in [0.2, 0.25) is 0 Å². The summed E-state index contributed by atoms with van der Waals surface area (Å²) in [5.74, 6) is -0.124. The minimum absolute atomic E-state index is 0.0152. The van der Waals surface area contributed by atoms with Crippen molar-refractivity contribution in [2.45, 2.75) is 13.3 Å². The number of esters is 1. The zero-order valence-electron chi connectivity index (χ0n) is 12.4. The molecular weight excluding hydrogens is 306 g/mol. The number of phenolic OH excluding ortho intramolecular Hbond substituents is 1. The minimum atomic E-state index is -0.531. The zero-order chi connectivity index (χ0) is 16.3. The van der Waals surface area contributed by atoms with Crippen molar-refractivity contribution < 1.29 is 24.2 Å². The van der Waals surface area contributed by atoms with Crippen molar-refractivity contribution in [1.29, 1.82) is 0 Å². The normalized spacial score (nSPS) is 17.6. The SMILES string of the molecule is COC(=O)c1ccc(O)c(N2CC(CSC(C)=O)CC2=O)c1. The second-order valence-electron chi connectivity index (χ2n) is 5.07. The molecule has 1 aromatic carbocycles. The first-order chi connectivity index (χ1) is 10.4. The molecule has 118 valence electrons. The minimum Gasteiger partial charge on any atom is -0.506 e. The van der Waals surface area contributed by atoms with Crippen LogP contribution in [0.1, 0.15) is 23.7 Å². The van der Waals surface area contributed by atoms with Crippen LogP contribution in [0.5, 0.6) is 5.75 Å². The molecule has 22 heavy (non-hydrogen) atoms. The second kappa shape index (κ2) is 6.83. The summed E-state index contributed by atoms with van der Waals surface area (Å²) in [7, 11) is 1.27. The van der Waals surface area contributed by atoms with Gasteiger partial charge in [-0.1, -0.05) is 11.8 Å². The van der Waals surface area contributed by atoms with Crippen LogP contribution in [-0.4, -0.2) is 41.5 Å². The smallest absolute Gasteiger partial charge is 0.337 e. The number of methoxy groups -OCH3 is 1. The Balaban J connectivity index is 2.19. The van der Waals surface area contributed by atoms with Gasteiger partial charge in [0.25, 0.3) is 0 Å². The van der Waals surface area contributed by atoms with Gasteiger partial charge in [0, 0.05) is 25.6 Å². The first kappa shape index (κ1) is 16.4. The molecule has 7 heteroatoms. The van der Waals surface area contributed by atoms with Crippen LogP contribution in [0.25, 0.3) is 0 Å². The van der Waals surface area contributed by atoms with Gasteiger partial charge in [0.05, 0.1) is 18.4 Å². The molecule has 1 atom stereocenters. The molecule has 1 N–H and O–H groups in total. The molecule has 1 aromatic rings. The standard InChI is InChI=1S/C15H17NO5S/c1-9(17)22-8-10-5-14(19)16(7-10)12-6-11(15(20)21-2)3-4-13(12)18/h3-4,6,10,18H,5,7-8H2,1-2H3. The molecule has 1 aliphatic rings. The Bertz CT molecular complexity index is 616. The maximum Gasteiger partial charge on any atom is 0.337 e. The number of amides is 1. The van der Waals surface area contributed by atoms with E-state index in [9.17, 15) is 19.5 Å². The Morgan fingerprint density at radius 2 is 2.18 bits per heavy atom.